The third-order valence-electron chi connectivity index (χ3n) is 7.05. The molecular weight excluding hydrogens is 583 g/mol. The summed E-state index contributed by atoms with van der Waals surface area (Å²) in [5.41, 5.74) is 11.6. The fourth-order valence-electron chi connectivity index (χ4n) is 5.04. The van der Waals surface area contributed by atoms with Gasteiger partial charge in [0.05, 0.1) is 32.0 Å². The van der Waals surface area contributed by atoms with Crippen LogP contribution in [0.5, 0.6) is 0 Å². The Morgan fingerprint density at radius 2 is 1.88 bits per heavy atom. The lowest BCUT2D eigenvalue weighted by Crippen LogP contribution is -2.35. The van der Waals surface area contributed by atoms with Gasteiger partial charge in [-0.05, 0) is 0 Å². The van der Waals surface area contributed by atoms with Crippen LogP contribution >= 0.6 is 7.82 Å². The van der Waals surface area contributed by atoms with E-state index in [4.69, 9.17) is 34.7 Å². The molecule has 6 rings (SSSR count). The zero-order valence-electron chi connectivity index (χ0n) is 21.8. The van der Waals surface area contributed by atoms with Crippen LogP contribution in [0.3, 0.4) is 0 Å². The Morgan fingerprint density at radius 1 is 1.12 bits per heavy atom. The second-order valence-corrected chi connectivity index (χ2v) is 11.0. The van der Waals surface area contributed by atoms with Crippen molar-refractivity contribution in [2.75, 3.05) is 31.8 Å². The highest BCUT2D eigenvalue weighted by molar-refractivity contribution is 7.47. The van der Waals surface area contributed by atoms with Gasteiger partial charge in [0.15, 0.2) is 28.9 Å². The molecular formula is C21H27N10O10P. The van der Waals surface area contributed by atoms with Crippen LogP contribution in [0.25, 0.3) is 22.3 Å². The summed E-state index contributed by atoms with van der Waals surface area (Å²) in [7, 11) is -3.45. The molecule has 4 aromatic heterocycles. The molecule has 2 fully saturated rings. The molecule has 42 heavy (non-hydrogen) atoms. The van der Waals surface area contributed by atoms with E-state index < -0.39 is 69.6 Å². The average molecular weight is 610 g/mol. The van der Waals surface area contributed by atoms with E-state index in [1.807, 2.05) is 0 Å². The molecule has 21 heteroatoms. The number of hydrogen-bond acceptors (Lipinski definition) is 16. The number of aromatic amines is 1. The van der Waals surface area contributed by atoms with Crippen LogP contribution in [0.1, 0.15) is 18.9 Å². The van der Waals surface area contributed by atoms with Gasteiger partial charge in [-0.15, -0.1) is 0 Å². The number of phosphoric acid groups is 1. The van der Waals surface area contributed by atoms with Crippen LogP contribution in [0, 0.1) is 0 Å². The number of imidazole rings is 2. The number of hydrogen-bond donors (Lipinski definition) is 6. The van der Waals surface area contributed by atoms with E-state index in [0.29, 0.717) is 17.6 Å². The third-order valence-corrected chi connectivity index (χ3v) is 8.04. The van der Waals surface area contributed by atoms with E-state index in [-0.39, 0.29) is 22.9 Å². The number of rotatable bonds is 9. The smallest absolute Gasteiger partial charge is 0.394 e. The van der Waals surface area contributed by atoms with Crippen molar-refractivity contribution in [3.8, 4) is 0 Å². The summed E-state index contributed by atoms with van der Waals surface area (Å²) in [4.78, 5) is 45.5. The van der Waals surface area contributed by atoms with Crippen molar-refractivity contribution in [1.29, 1.82) is 0 Å². The molecule has 8 atom stereocenters. The van der Waals surface area contributed by atoms with Crippen molar-refractivity contribution < 1.29 is 42.9 Å². The van der Waals surface area contributed by atoms with E-state index in [2.05, 4.69) is 29.9 Å². The number of methoxy groups -OCH3 is 1. The Bertz CT molecular complexity index is 1710. The van der Waals surface area contributed by atoms with Gasteiger partial charge in [-0.3, -0.25) is 28.0 Å². The van der Waals surface area contributed by atoms with Gasteiger partial charge in [0, 0.05) is 13.5 Å². The van der Waals surface area contributed by atoms with E-state index >= 15 is 0 Å². The lowest BCUT2D eigenvalue weighted by molar-refractivity contribution is -0.0629. The van der Waals surface area contributed by atoms with Gasteiger partial charge in [0.1, 0.15) is 42.5 Å². The second kappa shape index (κ2) is 10.9. The zero-order chi connectivity index (χ0) is 29.8. The number of nitrogens with two attached hydrogens (primary N) is 2. The Morgan fingerprint density at radius 3 is 2.64 bits per heavy atom. The summed E-state index contributed by atoms with van der Waals surface area (Å²) in [6, 6.07) is 0. The molecule has 2 aliphatic heterocycles. The van der Waals surface area contributed by atoms with Crippen molar-refractivity contribution in [2.45, 2.75) is 49.4 Å². The first-order chi connectivity index (χ1) is 20.1. The molecule has 0 aliphatic carbocycles. The Hall–Kier alpha value is -3.59. The number of H-pyrrole nitrogens is 1. The molecule has 6 heterocycles. The van der Waals surface area contributed by atoms with Crippen LogP contribution in [-0.2, 0) is 27.8 Å². The molecule has 0 spiro atoms. The number of fused-ring (bicyclic) bond motifs is 2. The largest absolute Gasteiger partial charge is 0.472 e. The highest BCUT2D eigenvalue weighted by Crippen LogP contribution is 2.50. The lowest BCUT2D eigenvalue weighted by atomic mass is 10.1. The summed E-state index contributed by atoms with van der Waals surface area (Å²) in [6.07, 6.45) is -3.40. The Labute approximate surface area is 234 Å². The molecule has 0 aromatic carbocycles. The summed E-state index contributed by atoms with van der Waals surface area (Å²) >= 11 is 0. The standard InChI is InChI=1S/C21H27N10O10P/c1-37-8-2-11(30-6-26-12-16(22)24-5-25-17(12)30)39-10(8)4-38-42(35,36)41-15-14(33)9(3-32)40-20(15)31-7-27-13-18(31)28-21(23)29-19(13)34/h5-11,14-15,20,32-33H,2-4H2,1H3,(H,35,36)(H2,22,24,25)(H3,23,28,29,34)/t8?,9-,10-,11-,14?,15?,20-/m1/s1. The molecule has 226 valence electrons. The van der Waals surface area contributed by atoms with Crippen molar-refractivity contribution in [3.05, 3.63) is 29.3 Å². The molecule has 0 amide bonds. The molecule has 4 aromatic rings. The number of anilines is 2. The fraction of sp³-hybridized carbons (Fsp3) is 0.524. The monoisotopic (exact) mass is 610 g/mol. The predicted octanol–water partition coefficient (Wildman–Crippen LogP) is -1.82. The van der Waals surface area contributed by atoms with Crippen molar-refractivity contribution in [3.63, 3.8) is 0 Å². The number of nitrogen functional groups attached to an aromatic ring is 2. The predicted molar refractivity (Wildman–Crippen MR) is 139 cm³/mol. The minimum atomic E-state index is -4.91. The van der Waals surface area contributed by atoms with Crippen molar-refractivity contribution in [2.24, 2.45) is 0 Å². The zero-order valence-corrected chi connectivity index (χ0v) is 22.7. The first-order valence-corrected chi connectivity index (χ1v) is 14.0. The van der Waals surface area contributed by atoms with Gasteiger partial charge in [0.25, 0.3) is 5.56 Å². The number of nitrogens with zero attached hydrogens (tertiary/aromatic N) is 7. The van der Waals surface area contributed by atoms with Gasteiger partial charge in [0.2, 0.25) is 5.95 Å². The fourth-order valence-corrected chi connectivity index (χ4v) is 5.97. The summed E-state index contributed by atoms with van der Waals surface area (Å²) in [5.74, 6) is -0.0184. The summed E-state index contributed by atoms with van der Waals surface area (Å²) < 4.78 is 43.8. The van der Waals surface area contributed by atoms with Gasteiger partial charge in [-0.2, -0.15) is 4.98 Å². The second-order valence-electron chi connectivity index (χ2n) is 9.57. The molecule has 20 nitrogen and oxygen atoms in total. The molecule has 2 saturated heterocycles. The lowest BCUT2D eigenvalue weighted by Gasteiger charge is -2.25. The van der Waals surface area contributed by atoms with Gasteiger partial charge >= 0.3 is 7.82 Å². The maximum Gasteiger partial charge on any atom is 0.472 e. The van der Waals surface area contributed by atoms with Crippen LogP contribution in [-0.4, -0.2) is 105 Å². The SMILES string of the molecule is COC1C[C@H](n2cnc3c(N)ncnc32)O[C@@H]1COP(=O)(O)OC1C(O)[C@@H](CO)O[C@H]1n1cnc2c(=O)[nH]c(N)nc21. The maximum atomic E-state index is 13.1. The van der Waals surface area contributed by atoms with E-state index in [9.17, 15) is 24.5 Å². The molecule has 0 radical (unpaired) electrons. The molecule has 2 aliphatic rings. The number of aromatic nitrogens is 8. The van der Waals surface area contributed by atoms with Crippen LogP contribution < -0.4 is 17.0 Å². The van der Waals surface area contributed by atoms with Gasteiger partial charge in [-0.25, -0.2) is 24.5 Å². The van der Waals surface area contributed by atoms with Gasteiger partial charge in [-0.1, -0.05) is 0 Å². The third kappa shape index (κ3) is 5.02. The molecule has 4 unspecified atom stereocenters. The highest BCUT2D eigenvalue weighted by Gasteiger charge is 2.50. The minimum absolute atomic E-state index is 0.0401. The van der Waals surface area contributed by atoms with Crippen LogP contribution in [0.2, 0.25) is 0 Å². The summed E-state index contributed by atoms with van der Waals surface area (Å²) in [5, 5.41) is 20.4. The van der Waals surface area contributed by atoms with Crippen LogP contribution in [0.15, 0.2) is 23.8 Å². The maximum absolute atomic E-state index is 13.1. The quantitative estimate of drug-likeness (QED) is 0.114. The van der Waals surface area contributed by atoms with Crippen molar-refractivity contribution >= 4 is 41.9 Å². The number of nitrogens with one attached hydrogen (secondary N) is 1. The van der Waals surface area contributed by atoms with E-state index in [0.717, 1.165) is 6.33 Å². The first-order valence-electron chi connectivity index (χ1n) is 12.5. The van der Waals surface area contributed by atoms with E-state index in [1.54, 1.807) is 4.57 Å². The Balaban J connectivity index is 1.18. The molecule has 0 saturated carbocycles. The number of aliphatic hydroxyl groups excluding tert-OH is 2. The molecule has 0 bridgehead atoms. The number of aliphatic hydroxyl groups is 2. The number of phosphoric ester groups is 1. The minimum Gasteiger partial charge on any atom is -0.394 e. The Kier molecular flexibility index (Phi) is 7.41. The first kappa shape index (κ1) is 28.5. The summed E-state index contributed by atoms with van der Waals surface area (Å²) in [6.45, 7) is -1.09. The average Bonchev–Trinajstić information content (AvgIpc) is 3.72. The van der Waals surface area contributed by atoms with E-state index in [1.165, 1.54) is 24.3 Å². The van der Waals surface area contributed by atoms with Crippen molar-refractivity contribution in [1.82, 2.24) is 39.0 Å². The van der Waals surface area contributed by atoms with Gasteiger partial charge < -0.3 is 40.8 Å². The topological polar surface area (TPSA) is 283 Å². The van der Waals surface area contributed by atoms with Crippen LogP contribution in [0.4, 0.5) is 11.8 Å². The normalized spacial score (nSPS) is 29.5. The number of ether oxygens (including phenoxy) is 3. The molecule has 8 N–H and O–H groups in total. The highest BCUT2D eigenvalue weighted by atomic mass is 31.2.